The molecule has 0 atom stereocenters. The van der Waals surface area contributed by atoms with Crippen LogP contribution in [0, 0.1) is 21.8 Å². The normalized spacial score (nSPS) is 18.7. The number of amidine groups is 2. The lowest BCUT2D eigenvalue weighted by Gasteiger charge is -2.20. The highest BCUT2D eigenvalue weighted by molar-refractivity contribution is 14.1. The van der Waals surface area contributed by atoms with E-state index < -0.39 is 5.91 Å². The summed E-state index contributed by atoms with van der Waals surface area (Å²) in [4.78, 5) is 17.2. The fourth-order valence-electron chi connectivity index (χ4n) is 4.72. The van der Waals surface area contributed by atoms with Crippen LogP contribution in [0.3, 0.4) is 0 Å². The topological polar surface area (TPSA) is 96.6 Å². The van der Waals surface area contributed by atoms with Gasteiger partial charge in [-0.15, -0.1) is 0 Å². The molecule has 1 amide bonds. The zero-order valence-electron chi connectivity index (χ0n) is 21.6. The van der Waals surface area contributed by atoms with Gasteiger partial charge in [-0.25, -0.2) is 0 Å². The Morgan fingerprint density at radius 2 is 1.92 bits per heavy atom. The highest BCUT2D eigenvalue weighted by Gasteiger charge is 2.38. The van der Waals surface area contributed by atoms with E-state index in [0.717, 1.165) is 32.8 Å². The molecule has 204 valence electrons. The van der Waals surface area contributed by atoms with E-state index in [9.17, 15) is 4.79 Å². The van der Waals surface area contributed by atoms with Gasteiger partial charge >= 0.3 is 0 Å². The number of carbonyl (C=O) groups is 1. The van der Waals surface area contributed by atoms with Crippen molar-refractivity contribution in [3.8, 4) is 17.2 Å². The van der Waals surface area contributed by atoms with Gasteiger partial charge in [-0.2, -0.15) is 15.1 Å². The van der Waals surface area contributed by atoms with Crippen LogP contribution >= 0.6 is 46.0 Å². The highest BCUT2D eigenvalue weighted by Crippen LogP contribution is 2.38. The Morgan fingerprint density at radius 3 is 2.67 bits per heavy atom. The van der Waals surface area contributed by atoms with Crippen LogP contribution in [0.4, 0.5) is 0 Å². The van der Waals surface area contributed by atoms with Crippen LogP contribution < -0.4 is 14.2 Å². The van der Waals surface area contributed by atoms with Crippen LogP contribution in [0.15, 0.2) is 46.0 Å². The molecule has 0 unspecified atom stereocenters. The first-order chi connectivity index (χ1) is 18.8. The Labute approximate surface area is 250 Å². The third kappa shape index (κ3) is 6.28. The van der Waals surface area contributed by atoms with Crippen molar-refractivity contribution in [1.29, 1.82) is 5.41 Å². The fraction of sp³-hybridized carbons (Fsp3) is 0.357. The summed E-state index contributed by atoms with van der Waals surface area (Å²) in [6.07, 6.45) is 7.47. The lowest BCUT2D eigenvalue weighted by Crippen LogP contribution is -2.35. The first-order valence-corrected chi connectivity index (χ1v) is 15.0. The Hall–Kier alpha value is -2.57. The third-order valence-electron chi connectivity index (χ3n) is 6.71. The third-order valence-corrected chi connectivity index (χ3v) is 8.82. The molecule has 39 heavy (non-hydrogen) atoms. The molecule has 2 aromatic carbocycles. The lowest BCUT2D eigenvalue weighted by molar-refractivity contribution is -0.114. The molecule has 0 aromatic heterocycles. The summed E-state index contributed by atoms with van der Waals surface area (Å²) in [5.74, 6) is 1.83. The minimum absolute atomic E-state index is 0.0345. The second kappa shape index (κ2) is 12.3. The Kier molecular flexibility index (Phi) is 8.82. The van der Waals surface area contributed by atoms with Gasteiger partial charge in [-0.1, -0.05) is 30.9 Å². The van der Waals surface area contributed by atoms with Crippen LogP contribution in [0.1, 0.15) is 43.2 Å². The zero-order chi connectivity index (χ0) is 27.5. The molecule has 2 heterocycles. The van der Waals surface area contributed by atoms with E-state index in [1.165, 1.54) is 36.0 Å². The number of methoxy groups -OCH3 is 1. The Balaban J connectivity index is 1.29. The Morgan fingerprint density at radius 1 is 1.15 bits per heavy atom. The number of amides is 1. The maximum absolute atomic E-state index is 12.9. The van der Waals surface area contributed by atoms with Crippen molar-refractivity contribution in [2.24, 2.45) is 16.0 Å². The van der Waals surface area contributed by atoms with Gasteiger partial charge in [-0.05, 0) is 102 Å². The van der Waals surface area contributed by atoms with Gasteiger partial charge in [0, 0.05) is 10.9 Å². The molecule has 8 nitrogen and oxygen atoms in total. The molecule has 0 saturated heterocycles. The predicted octanol–water partition coefficient (Wildman–Crippen LogP) is 6.92. The van der Waals surface area contributed by atoms with Gasteiger partial charge < -0.3 is 14.2 Å². The number of ether oxygens (including phenoxy) is 3. The smallest absolute Gasteiger partial charge is 0.283 e. The van der Waals surface area contributed by atoms with Crippen LogP contribution in [0.2, 0.25) is 5.02 Å². The van der Waals surface area contributed by atoms with E-state index >= 15 is 0 Å². The first-order valence-electron chi connectivity index (χ1n) is 12.7. The second-order valence-corrected chi connectivity index (χ2v) is 12.0. The number of rotatable bonds is 8. The number of benzene rings is 2. The number of nitrogens with zero attached hydrogens (tertiary/aromatic N) is 3. The molecular formula is C28H28ClIN4O4S. The minimum atomic E-state index is -0.442. The molecule has 1 saturated carbocycles. The molecule has 3 aliphatic rings. The lowest BCUT2D eigenvalue weighted by atomic mass is 9.90. The summed E-state index contributed by atoms with van der Waals surface area (Å²) in [5.41, 5.74) is 1.84. The number of carbonyl (C=O) groups excluding carboxylic acids is 1. The number of halogens is 2. The number of hydrazone groups is 1. The van der Waals surface area contributed by atoms with E-state index in [-0.39, 0.29) is 11.4 Å². The van der Waals surface area contributed by atoms with Crippen LogP contribution in [-0.2, 0) is 4.79 Å². The molecule has 0 radical (unpaired) electrons. The summed E-state index contributed by atoms with van der Waals surface area (Å²) >= 11 is 9.61. The highest BCUT2D eigenvalue weighted by atomic mass is 127. The molecule has 11 heteroatoms. The summed E-state index contributed by atoms with van der Waals surface area (Å²) in [6, 6.07) is 9.14. The monoisotopic (exact) mass is 678 g/mol. The van der Waals surface area contributed by atoms with E-state index in [1.54, 1.807) is 25.3 Å². The van der Waals surface area contributed by atoms with E-state index in [4.69, 9.17) is 31.2 Å². The first kappa shape index (κ1) is 28.0. The Bertz CT molecular complexity index is 1400. The van der Waals surface area contributed by atoms with Crippen LogP contribution in [0.5, 0.6) is 17.2 Å². The average Bonchev–Trinajstić information content (AvgIpc) is 3.35. The fourth-order valence-corrected chi connectivity index (χ4v) is 6.79. The molecule has 2 aliphatic heterocycles. The van der Waals surface area contributed by atoms with Crippen LogP contribution in [0.25, 0.3) is 6.08 Å². The van der Waals surface area contributed by atoms with Crippen molar-refractivity contribution in [2.45, 2.75) is 39.0 Å². The quantitative estimate of drug-likeness (QED) is 0.185. The van der Waals surface area contributed by atoms with Gasteiger partial charge in [0.1, 0.15) is 24.0 Å². The summed E-state index contributed by atoms with van der Waals surface area (Å²) in [7, 11) is 1.57. The minimum Gasteiger partial charge on any atom is -0.493 e. The maximum Gasteiger partial charge on any atom is 0.283 e. The van der Waals surface area contributed by atoms with Crippen molar-refractivity contribution in [3.63, 3.8) is 0 Å². The molecule has 0 spiro atoms. The average molecular weight is 679 g/mol. The molecular weight excluding hydrogens is 651 g/mol. The standard InChI is InChI=1S/C28H28ClIN4O4S/c1-16-12-19(29)8-9-22(16)37-10-11-38-24-21(30)14-17(15-23(24)36-2)13-20-25(31)34-28(32-26(20)35)39-27(33-34)18-6-4-3-5-7-18/h8-9,12-15,18,31H,3-7,10-11H2,1-2H3/b20-13-,31-25?. The summed E-state index contributed by atoms with van der Waals surface area (Å²) in [6.45, 7) is 2.59. The summed E-state index contributed by atoms with van der Waals surface area (Å²) < 4.78 is 18.2. The molecule has 1 fully saturated rings. The van der Waals surface area contributed by atoms with Gasteiger partial charge in [-0.3, -0.25) is 10.2 Å². The summed E-state index contributed by atoms with van der Waals surface area (Å²) in [5, 5.41) is 17.0. The van der Waals surface area contributed by atoms with Crippen molar-refractivity contribution >= 4 is 74.0 Å². The molecule has 1 aliphatic carbocycles. The number of hydrogen-bond acceptors (Lipinski definition) is 7. The van der Waals surface area contributed by atoms with Gasteiger partial charge in [0.15, 0.2) is 17.3 Å². The van der Waals surface area contributed by atoms with E-state index in [2.05, 4.69) is 32.7 Å². The van der Waals surface area contributed by atoms with Gasteiger partial charge in [0.05, 0.1) is 16.3 Å². The number of aliphatic imine (C=N–C) groups is 1. The zero-order valence-corrected chi connectivity index (χ0v) is 25.4. The van der Waals surface area contributed by atoms with Gasteiger partial charge in [0.2, 0.25) is 5.17 Å². The van der Waals surface area contributed by atoms with Gasteiger partial charge in [0.25, 0.3) is 5.91 Å². The van der Waals surface area contributed by atoms with Crippen molar-refractivity contribution < 1.29 is 19.0 Å². The largest absolute Gasteiger partial charge is 0.493 e. The second-order valence-electron chi connectivity index (χ2n) is 9.43. The van der Waals surface area contributed by atoms with Crippen LogP contribution in [-0.4, -0.2) is 47.3 Å². The number of hydrogen-bond donors (Lipinski definition) is 1. The maximum atomic E-state index is 12.9. The SMILES string of the molecule is COc1cc(/C=C2/C(=N)N3N=C(C4CCCCC4)SC3=NC2=O)cc(I)c1OCCOc1ccc(Cl)cc1C. The van der Waals surface area contributed by atoms with Crippen molar-refractivity contribution in [3.05, 3.63) is 55.6 Å². The van der Waals surface area contributed by atoms with E-state index in [0.29, 0.717) is 46.4 Å². The number of fused-ring (bicyclic) bond motifs is 1. The van der Waals surface area contributed by atoms with Crippen molar-refractivity contribution in [2.75, 3.05) is 20.3 Å². The number of aryl methyl sites for hydroxylation is 1. The molecule has 5 rings (SSSR count). The molecule has 0 bridgehead atoms. The molecule has 1 N–H and O–H groups in total. The number of nitrogens with one attached hydrogen (secondary N) is 1. The molecule has 2 aromatic rings. The van der Waals surface area contributed by atoms with Crippen molar-refractivity contribution in [1.82, 2.24) is 5.01 Å². The predicted molar refractivity (Wildman–Crippen MR) is 164 cm³/mol. The number of thioether (sulfide) groups is 1. The van der Waals surface area contributed by atoms with E-state index in [1.807, 2.05) is 25.1 Å².